The van der Waals surface area contributed by atoms with Gasteiger partial charge in [-0.3, -0.25) is 19.5 Å². The van der Waals surface area contributed by atoms with Gasteiger partial charge in [-0.25, -0.2) is 0 Å². The van der Waals surface area contributed by atoms with Gasteiger partial charge in [-0.15, -0.1) is 0 Å². The normalized spacial score (nSPS) is 29.9. The molecule has 4 rings (SSSR count). The molecule has 1 aliphatic carbocycles. The second-order valence-corrected chi connectivity index (χ2v) is 7.84. The van der Waals surface area contributed by atoms with Crippen LogP contribution in [0.15, 0.2) is 24.5 Å². The Labute approximate surface area is 147 Å². The van der Waals surface area contributed by atoms with Gasteiger partial charge in [-0.2, -0.15) is 0 Å². The lowest BCUT2D eigenvalue weighted by atomic mass is 9.81. The van der Waals surface area contributed by atoms with E-state index in [1.165, 1.54) is 25.7 Å². The fourth-order valence-corrected chi connectivity index (χ4v) is 4.93. The zero-order valence-corrected chi connectivity index (χ0v) is 14.4. The number of likely N-dealkylation sites (tertiary alicyclic amines) is 2. The maximum atomic E-state index is 12.6. The van der Waals surface area contributed by atoms with Crippen molar-refractivity contribution in [2.45, 2.75) is 38.1 Å². The number of hydrogen-bond acceptors (Lipinski definition) is 4. The van der Waals surface area contributed by atoms with E-state index in [2.05, 4.69) is 9.88 Å². The fourth-order valence-electron chi connectivity index (χ4n) is 4.93. The van der Waals surface area contributed by atoms with Crippen LogP contribution in [0.5, 0.6) is 0 Å². The van der Waals surface area contributed by atoms with E-state index >= 15 is 0 Å². The second-order valence-electron chi connectivity index (χ2n) is 7.84. The SMILES string of the molecule is O=C(Cc1cccnc1)N1C[C@@H]2CN(C3CCCC3)C[C@]2(C(=O)O)C1. The molecular weight excluding hydrogens is 318 g/mol. The summed E-state index contributed by atoms with van der Waals surface area (Å²) >= 11 is 0. The van der Waals surface area contributed by atoms with E-state index in [1.807, 2.05) is 12.1 Å². The third-order valence-electron chi connectivity index (χ3n) is 6.33. The quantitative estimate of drug-likeness (QED) is 0.895. The van der Waals surface area contributed by atoms with E-state index < -0.39 is 11.4 Å². The average molecular weight is 343 g/mol. The molecule has 3 fully saturated rings. The molecule has 0 radical (unpaired) electrons. The summed E-state index contributed by atoms with van der Waals surface area (Å²) in [6.07, 6.45) is 8.55. The maximum Gasteiger partial charge on any atom is 0.313 e. The summed E-state index contributed by atoms with van der Waals surface area (Å²) in [4.78, 5) is 32.9. The van der Waals surface area contributed by atoms with Crippen LogP contribution in [-0.4, -0.2) is 64.0 Å². The first-order valence-electron chi connectivity index (χ1n) is 9.22. The van der Waals surface area contributed by atoms with Crippen LogP contribution in [0, 0.1) is 11.3 Å². The molecule has 6 heteroatoms. The van der Waals surface area contributed by atoms with Crippen molar-refractivity contribution in [1.82, 2.24) is 14.8 Å². The predicted octanol–water partition coefficient (Wildman–Crippen LogP) is 1.41. The number of hydrogen-bond donors (Lipinski definition) is 1. The molecule has 6 nitrogen and oxygen atoms in total. The van der Waals surface area contributed by atoms with Crippen LogP contribution in [0.3, 0.4) is 0 Å². The maximum absolute atomic E-state index is 12.6. The first-order valence-corrected chi connectivity index (χ1v) is 9.22. The minimum Gasteiger partial charge on any atom is -0.481 e. The van der Waals surface area contributed by atoms with Crippen molar-refractivity contribution < 1.29 is 14.7 Å². The number of pyridine rings is 1. The molecule has 1 aromatic heterocycles. The summed E-state index contributed by atoms with van der Waals surface area (Å²) in [5.41, 5.74) is 0.0919. The largest absolute Gasteiger partial charge is 0.481 e. The van der Waals surface area contributed by atoms with Gasteiger partial charge >= 0.3 is 5.97 Å². The molecule has 0 bridgehead atoms. The highest BCUT2D eigenvalue weighted by Crippen LogP contribution is 2.45. The summed E-state index contributed by atoms with van der Waals surface area (Å²) < 4.78 is 0. The summed E-state index contributed by atoms with van der Waals surface area (Å²) in [7, 11) is 0. The highest BCUT2D eigenvalue weighted by Gasteiger charge is 2.59. The summed E-state index contributed by atoms with van der Waals surface area (Å²) in [6.45, 7) is 2.31. The van der Waals surface area contributed by atoms with E-state index in [-0.39, 0.29) is 11.8 Å². The summed E-state index contributed by atoms with van der Waals surface area (Å²) in [5, 5.41) is 9.95. The third kappa shape index (κ3) is 2.92. The molecule has 1 amide bonds. The van der Waals surface area contributed by atoms with Crippen LogP contribution in [0.25, 0.3) is 0 Å². The van der Waals surface area contributed by atoms with Gasteiger partial charge < -0.3 is 10.0 Å². The highest BCUT2D eigenvalue weighted by atomic mass is 16.4. The van der Waals surface area contributed by atoms with Gasteiger partial charge in [0.05, 0.1) is 6.42 Å². The number of rotatable bonds is 4. The lowest BCUT2D eigenvalue weighted by Crippen LogP contribution is -2.43. The highest BCUT2D eigenvalue weighted by molar-refractivity contribution is 5.83. The van der Waals surface area contributed by atoms with Crippen LogP contribution in [0.2, 0.25) is 0 Å². The second kappa shape index (κ2) is 6.41. The lowest BCUT2D eigenvalue weighted by molar-refractivity contribution is -0.149. The molecule has 2 saturated heterocycles. The number of amides is 1. The van der Waals surface area contributed by atoms with E-state index in [4.69, 9.17) is 0 Å². The van der Waals surface area contributed by atoms with Gasteiger partial charge in [0, 0.05) is 50.5 Å². The van der Waals surface area contributed by atoms with Crippen LogP contribution >= 0.6 is 0 Å². The first-order chi connectivity index (χ1) is 12.1. The van der Waals surface area contributed by atoms with Gasteiger partial charge in [-0.05, 0) is 24.5 Å². The molecule has 1 aromatic rings. The predicted molar refractivity (Wildman–Crippen MR) is 91.9 cm³/mol. The Morgan fingerprint density at radius 3 is 2.68 bits per heavy atom. The zero-order chi connectivity index (χ0) is 17.4. The van der Waals surface area contributed by atoms with Crippen molar-refractivity contribution in [2.75, 3.05) is 26.2 Å². The number of carboxylic acids is 1. The molecule has 25 heavy (non-hydrogen) atoms. The van der Waals surface area contributed by atoms with E-state index in [0.717, 1.165) is 12.1 Å². The number of carbonyl (C=O) groups is 2. The fraction of sp³-hybridized carbons (Fsp3) is 0.632. The van der Waals surface area contributed by atoms with Gasteiger partial charge in [0.15, 0.2) is 0 Å². The summed E-state index contributed by atoms with van der Waals surface area (Å²) in [6, 6.07) is 4.25. The number of fused-ring (bicyclic) bond motifs is 1. The Morgan fingerprint density at radius 1 is 1.24 bits per heavy atom. The monoisotopic (exact) mass is 343 g/mol. The van der Waals surface area contributed by atoms with Crippen LogP contribution in [0.1, 0.15) is 31.2 Å². The smallest absolute Gasteiger partial charge is 0.313 e. The Bertz CT molecular complexity index is 659. The molecule has 2 atom stereocenters. The zero-order valence-electron chi connectivity index (χ0n) is 14.4. The van der Waals surface area contributed by atoms with Crippen molar-refractivity contribution in [1.29, 1.82) is 0 Å². The lowest BCUT2D eigenvalue weighted by Gasteiger charge is -2.28. The molecule has 2 aliphatic heterocycles. The van der Waals surface area contributed by atoms with Crippen molar-refractivity contribution in [3.63, 3.8) is 0 Å². The van der Waals surface area contributed by atoms with E-state index in [0.29, 0.717) is 32.1 Å². The topological polar surface area (TPSA) is 73.7 Å². The van der Waals surface area contributed by atoms with Crippen LogP contribution < -0.4 is 0 Å². The van der Waals surface area contributed by atoms with Crippen molar-refractivity contribution >= 4 is 11.9 Å². The third-order valence-corrected chi connectivity index (χ3v) is 6.33. The molecule has 3 aliphatic rings. The standard InChI is InChI=1S/C19H25N3O3/c23-17(8-14-4-3-7-20-9-14)22-11-15-10-21(16-5-1-2-6-16)12-19(15,13-22)18(24)25/h3-4,7,9,15-16H,1-2,5-6,8,10-13H2,(H,24,25)/t15-,19-/m0/s1. The Hall–Kier alpha value is -1.95. The number of nitrogens with zero attached hydrogens (tertiary/aromatic N) is 3. The van der Waals surface area contributed by atoms with Gasteiger partial charge in [-0.1, -0.05) is 18.9 Å². The van der Waals surface area contributed by atoms with Crippen molar-refractivity contribution in [2.24, 2.45) is 11.3 Å². The number of carboxylic acid groups (broad SMARTS) is 1. The van der Waals surface area contributed by atoms with Gasteiger partial charge in [0.25, 0.3) is 0 Å². The molecule has 0 unspecified atom stereocenters. The van der Waals surface area contributed by atoms with Gasteiger partial charge in [0.2, 0.25) is 5.91 Å². The molecule has 1 N–H and O–H groups in total. The van der Waals surface area contributed by atoms with Crippen molar-refractivity contribution in [3.8, 4) is 0 Å². The van der Waals surface area contributed by atoms with Gasteiger partial charge in [0.1, 0.15) is 5.41 Å². The Kier molecular flexibility index (Phi) is 4.23. The Morgan fingerprint density at radius 2 is 2.04 bits per heavy atom. The molecule has 0 aromatic carbocycles. The van der Waals surface area contributed by atoms with Crippen molar-refractivity contribution in [3.05, 3.63) is 30.1 Å². The minimum absolute atomic E-state index is 0.00967. The molecule has 0 spiro atoms. The van der Waals surface area contributed by atoms with E-state index in [9.17, 15) is 14.7 Å². The minimum atomic E-state index is -0.785. The Balaban J connectivity index is 1.46. The number of aromatic nitrogens is 1. The molecule has 1 saturated carbocycles. The van der Waals surface area contributed by atoms with Crippen LogP contribution in [0.4, 0.5) is 0 Å². The summed E-state index contributed by atoms with van der Waals surface area (Å²) in [5.74, 6) is -0.687. The molecular formula is C19H25N3O3. The first kappa shape index (κ1) is 16.5. The number of aliphatic carboxylic acids is 1. The molecule has 134 valence electrons. The van der Waals surface area contributed by atoms with Crippen LogP contribution in [-0.2, 0) is 16.0 Å². The average Bonchev–Trinajstić information content (AvgIpc) is 3.29. The number of carbonyl (C=O) groups excluding carboxylic acids is 1. The molecule has 3 heterocycles. The van der Waals surface area contributed by atoms with E-state index in [1.54, 1.807) is 17.3 Å².